The van der Waals surface area contributed by atoms with Gasteiger partial charge >= 0.3 is 5.97 Å². The topological polar surface area (TPSA) is 66.4 Å². The number of carbonyl (C=O) groups is 2. The predicted molar refractivity (Wildman–Crippen MR) is 76.6 cm³/mol. The van der Waals surface area contributed by atoms with Gasteiger partial charge in [0.25, 0.3) is 5.91 Å². The van der Waals surface area contributed by atoms with E-state index in [4.69, 9.17) is 0 Å². The zero-order valence-corrected chi connectivity index (χ0v) is 12.0. The molecule has 1 amide bonds. The molecule has 1 fully saturated rings. The quantitative estimate of drug-likeness (QED) is 0.891. The van der Waals surface area contributed by atoms with E-state index in [0.29, 0.717) is 24.3 Å². The molecule has 2 rings (SSSR count). The monoisotopic (exact) mass is 275 g/mol. The summed E-state index contributed by atoms with van der Waals surface area (Å²) in [5.41, 5.74) is 0.299. The number of carboxylic acid groups (broad SMARTS) is 1. The molecular weight excluding hydrogens is 254 g/mol. The van der Waals surface area contributed by atoms with Gasteiger partial charge in [-0.25, -0.2) is 4.79 Å². The normalized spacial score (nSPS) is 26.0. The third-order valence-corrected chi connectivity index (χ3v) is 4.28. The van der Waals surface area contributed by atoms with Gasteiger partial charge in [-0.3, -0.25) is 4.79 Å². The van der Waals surface area contributed by atoms with E-state index in [1.807, 2.05) is 19.1 Å². The minimum atomic E-state index is -1.11. The van der Waals surface area contributed by atoms with Crippen molar-refractivity contribution in [1.29, 1.82) is 0 Å². The van der Waals surface area contributed by atoms with Crippen molar-refractivity contribution >= 4 is 11.9 Å². The molecule has 0 saturated heterocycles. The summed E-state index contributed by atoms with van der Waals surface area (Å²) in [5, 5.41) is 12.3. The van der Waals surface area contributed by atoms with Crippen LogP contribution in [-0.4, -0.2) is 22.5 Å². The molecule has 1 aliphatic rings. The lowest BCUT2D eigenvalue weighted by molar-refractivity contribution is -0.146. The Bertz CT molecular complexity index is 516. The van der Waals surface area contributed by atoms with Crippen LogP contribution in [0.5, 0.6) is 0 Å². The van der Waals surface area contributed by atoms with Crippen LogP contribution in [0.3, 0.4) is 0 Å². The summed E-state index contributed by atoms with van der Waals surface area (Å²) in [7, 11) is 0. The second-order valence-corrected chi connectivity index (χ2v) is 5.84. The third-order valence-electron chi connectivity index (χ3n) is 4.28. The highest BCUT2D eigenvalue weighted by molar-refractivity contribution is 5.99. The first kappa shape index (κ1) is 14.6. The number of carbonyl (C=O) groups excluding carboxylic acids is 1. The molecule has 1 aromatic carbocycles. The average Bonchev–Trinajstić information content (AvgIpc) is 2.41. The molecule has 108 valence electrons. The minimum absolute atomic E-state index is 0.292. The fourth-order valence-electron chi connectivity index (χ4n) is 2.76. The Hall–Kier alpha value is -1.84. The van der Waals surface area contributed by atoms with E-state index in [1.54, 1.807) is 12.1 Å². The van der Waals surface area contributed by atoms with E-state index in [2.05, 4.69) is 12.2 Å². The molecule has 20 heavy (non-hydrogen) atoms. The summed E-state index contributed by atoms with van der Waals surface area (Å²) >= 11 is 0. The number of benzene rings is 1. The van der Waals surface area contributed by atoms with Crippen molar-refractivity contribution < 1.29 is 14.7 Å². The number of amides is 1. The largest absolute Gasteiger partial charge is 0.480 e. The SMILES string of the molecule is Cc1ccccc1C(=O)NC1(C(=O)O)CCC(C)CC1. The molecule has 1 saturated carbocycles. The first-order valence-electron chi connectivity index (χ1n) is 7.06. The zero-order valence-electron chi connectivity index (χ0n) is 12.0. The Morgan fingerprint density at radius 1 is 1.25 bits per heavy atom. The van der Waals surface area contributed by atoms with Crippen molar-refractivity contribution in [3.63, 3.8) is 0 Å². The fourth-order valence-corrected chi connectivity index (χ4v) is 2.76. The van der Waals surface area contributed by atoms with Crippen molar-refractivity contribution in [2.75, 3.05) is 0 Å². The van der Waals surface area contributed by atoms with Crippen molar-refractivity contribution in [1.82, 2.24) is 5.32 Å². The summed E-state index contributed by atoms with van der Waals surface area (Å²) < 4.78 is 0. The molecule has 4 nitrogen and oxygen atoms in total. The van der Waals surface area contributed by atoms with Gasteiger partial charge in [0.05, 0.1) is 0 Å². The van der Waals surface area contributed by atoms with E-state index in [9.17, 15) is 14.7 Å². The molecule has 0 heterocycles. The van der Waals surface area contributed by atoms with Crippen LogP contribution in [-0.2, 0) is 4.79 Å². The third kappa shape index (κ3) is 2.84. The van der Waals surface area contributed by atoms with E-state index in [0.717, 1.165) is 18.4 Å². The summed E-state index contributed by atoms with van der Waals surface area (Å²) in [5.74, 6) is -0.691. The van der Waals surface area contributed by atoms with Crippen LogP contribution in [0.15, 0.2) is 24.3 Å². The van der Waals surface area contributed by atoms with Crippen LogP contribution in [0.25, 0.3) is 0 Å². The number of rotatable bonds is 3. The Kier molecular flexibility index (Phi) is 4.12. The zero-order chi connectivity index (χ0) is 14.8. The molecule has 0 aromatic heterocycles. The Morgan fingerprint density at radius 2 is 1.85 bits per heavy atom. The van der Waals surface area contributed by atoms with E-state index in [-0.39, 0.29) is 5.91 Å². The highest BCUT2D eigenvalue weighted by atomic mass is 16.4. The van der Waals surface area contributed by atoms with Gasteiger partial charge in [-0.05, 0) is 50.2 Å². The highest BCUT2D eigenvalue weighted by Gasteiger charge is 2.42. The van der Waals surface area contributed by atoms with Gasteiger partial charge in [-0.1, -0.05) is 25.1 Å². The molecule has 2 N–H and O–H groups in total. The lowest BCUT2D eigenvalue weighted by Crippen LogP contribution is -2.56. The Balaban J connectivity index is 2.19. The van der Waals surface area contributed by atoms with Crippen LogP contribution in [0.1, 0.15) is 48.5 Å². The van der Waals surface area contributed by atoms with Gasteiger partial charge in [0.15, 0.2) is 0 Å². The molecule has 1 aromatic rings. The number of hydrogen-bond donors (Lipinski definition) is 2. The van der Waals surface area contributed by atoms with Crippen LogP contribution in [0.2, 0.25) is 0 Å². The molecule has 0 atom stereocenters. The number of carboxylic acids is 1. The molecule has 0 unspecified atom stereocenters. The summed E-state index contributed by atoms with van der Waals surface area (Å²) in [6.07, 6.45) is 2.67. The Morgan fingerprint density at radius 3 is 2.40 bits per heavy atom. The van der Waals surface area contributed by atoms with Crippen LogP contribution < -0.4 is 5.32 Å². The molecular formula is C16H21NO3. The van der Waals surface area contributed by atoms with Gasteiger partial charge < -0.3 is 10.4 Å². The lowest BCUT2D eigenvalue weighted by atomic mass is 9.77. The highest BCUT2D eigenvalue weighted by Crippen LogP contribution is 2.32. The van der Waals surface area contributed by atoms with Crippen molar-refractivity contribution in [2.24, 2.45) is 5.92 Å². The number of aliphatic carboxylic acids is 1. The molecule has 0 spiro atoms. The van der Waals surface area contributed by atoms with Crippen LogP contribution in [0, 0.1) is 12.8 Å². The molecule has 1 aliphatic carbocycles. The van der Waals surface area contributed by atoms with Crippen molar-refractivity contribution in [3.05, 3.63) is 35.4 Å². The predicted octanol–water partition coefficient (Wildman–Crippen LogP) is 2.76. The van der Waals surface area contributed by atoms with Crippen LogP contribution in [0.4, 0.5) is 0 Å². The van der Waals surface area contributed by atoms with E-state index < -0.39 is 11.5 Å². The first-order chi connectivity index (χ1) is 9.44. The van der Waals surface area contributed by atoms with Gasteiger partial charge in [0.2, 0.25) is 0 Å². The molecule has 0 radical (unpaired) electrons. The second kappa shape index (κ2) is 5.65. The maximum atomic E-state index is 12.4. The average molecular weight is 275 g/mol. The van der Waals surface area contributed by atoms with Gasteiger partial charge in [-0.15, -0.1) is 0 Å². The smallest absolute Gasteiger partial charge is 0.329 e. The standard InChI is InChI=1S/C16H21NO3/c1-11-7-9-16(10-8-11,15(19)20)17-14(18)13-6-4-3-5-12(13)2/h3-6,11H,7-10H2,1-2H3,(H,17,18)(H,19,20). The molecule has 0 aliphatic heterocycles. The lowest BCUT2D eigenvalue weighted by Gasteiger charge is -2.36. The van der Waals surface area contributed by atoms with Gasteiger partial charge in [0, 0.05) is 5.56 Å². The first-order valence-corrected chi connectivity index (χ1v) is 7.06. The van der Waals surface area contributed by atoms with E-state index in [1.165, 1.54) is 0 Å². The van der Waals surface area contributed by atoms with Crippen molar-refractivity contribution in [2.45, 2.75) is 45.1 Å². The number of aryl methyl sites for hydroxylation is 1. The summed E-state index contributed by atoms with van der Waals surface area (Å²) in [6, 6.07) is 7.23. The fraction of sp³-hybridized carbons (Fsp3) is 0.500. The van der Waals surface area contributed by atoms with E-state index >= 15 is 0 Å². The summed E-state index contributed by atoms with van der Waals surface area (Å²) in [4.78, 5) is 24.0. The number of hydrogen-bond acceptors (Lipinski definition) is 2. The maximum absolute atomic E-state index is 12.4. The van der Waals surface area contributed by atoms with Gasteiger partial charge in [-0.2, -0.15) is 0 Å². The Labute approximate surface area is 119 Å². The molecule has 4 heteroatoms. The second-order valence-electron chi connectivity index (χ2n) is 5.84. The minimum Gasteiger partial charge on any atom is -0.480 e. The maximum Gasteiger partial charge on any atom is 0.329 e. The number of nitrogens with one attached hydrogen (secondary N) is 1. The summed E-state index contributed by atoms with van der Waals surface area (Å²) in [6.45, 7) is 3.97. The molecule has 0 bridgehead atoms. The van der Waals surface area contributed by atoms with Crippen molar-refractivity contribution in [3.8, 4) is 0 Å². The van der Waals surface area contributed by atoms with Gasteiger partial charge in [0.1, 0.15) is 5.54 Å². The van der Waals surface area contributed by atoms with Crippen LogP contribution >= 0.6 is 0 Å².